The van der Waals surface area contributed by atoms with E-state index in [0.29, 0.717) is 23.5 Å². The number of benzene rings is 3. The van der Waals surface area contributed by atoms with Crippen LogP contribution < -0.4 is 9.47 Å². The van der Waals surface area contributed by atoms with Crippen LogP contribution >= 0.6 is 0 Å². The van der Waals surface area contributed by atoms with Gasteiger partial charge in [0.2, 0.25) is 0 Å². The van der Waals surface area contributed by atoms with Crippen molar-refractivity contribution in [1.29, 1.82) is 5.26 Å². The van der Waals surface area contributed by atoms with E-state index in [-0.39, 0.29) is 0 Å². The van der Waals surface area contributed by atoms with E-state index in [1.54, 1.807) is 42.5 Å². The molecule has 3 aromatic rings. The van der Waals surface area contributed by atoms with Crippen LogP contribution in [0, 0.1) is 11.3 Å². The second-order valence-electron chi connectivity index (χ2n) is 7.37. The molecule has 0 aliphatic rings. The molecular formula is C27H27NO3. The van der Waals surface area contributed by atoms with Crippen molar-refractivity contribution in [3.8, 4) is 28.7 Å². The Labute approximate surface area is 184 Å². The number of hydrogen-bond donors (Lipinski definition) is 0. The molecule has 31 heavy (non-hydrogen) atoms. The second-order valence-corrected chi connectivity index (χ2v) is 7.37. The summed E-state index contributed by atoms with van der Waals surface area (Å²) in [5.41, 5.74) is 2.54. The zero-order chi connectivity index (χ0) is 21.9. The summed E-state index contributed by atoms with van der Waals surface area (Å²) in [5, 5.41) is 9.23. The first-order valence-corrected chi connectivity index (χ1v) is 10.8. The smallest absolute Gasteiger partial charge is 0.343 e. The lowest BCUT2D eigenvalue weighted by atomic mass is 10.0. The molecule has 3 aromatic carbocycles. The zero-order valence-corrected chi connectivity index (χ0v) is 17.8. The number of nitrogens with zero attached hydrogens (tertiary/aromatic N) is 1. The Hall–Kier alpha value is -3.58. The van der Waals surface area contributed by atoms with Crippen molar-refractivity contribution in [3.05, 3.63) is 83.9 Å². The van der Waals surface area contributed by atoms with Gasteiger partial charge in [0, 0.05) is 5.56 Å². The normalized spacial score (nSPS) is 10.3. The van der Waals surface area contributed by atoms with Gasteiger partial charge in [-0.15, -0.1) is 0 Å². The van der Waals surface area contributed by atoms with E-state index < -0.39 is 5.97 Å². The van der Waals surface area contributed by atoms with Gasteiger partial charge in [0.1, 0.15) is 11.5 Å². The molecule has 0 fully saturated rings. The maximum absolute atomic E-state index is 12.7. The first-order valence-electron chi connectivity index (χ1n) is 10.8. The van der Waals surface area contributed by atoms with Crippen LogP contribution in [0.1, 0.15) is 54.9 Å². The summed E-state index contributed by atoms with van der Waals surface area (Å²) in [7, 11) is 0. The van der Waals surface area contributed by atoms with Crippen LogP contribution in [0.3, 0.4) is 0 Å². The van der Waals surface area contributed by atoms with Crippen molar-refractivity contribution in [1.82, 2.24) is 0 Å². The predicted molar refractivity (Wildman–Crippen MR) is 122 cm³/mol. The molecule has 0 aliphatic carbocycles. The van der Waals surface area contributed by atoms with Gasteiger partial charge in [0.25, 0.3) is 0 Å². The number of esters is 1. The van der Waals surface area contributed by atoms with Crippen LogP contribution in [0.25, 0.3) is 11.1 Å². The molecule has 0 amide bonds. The molecule has 0 N–H and O–H groups in total. The highest BCUT2D eigenvalue weighted by Gasteiger charge is 2.14. The highest BCUT2D eigenvalue weighted by Crippen LogP contribution is 2.31. The zero-order valence-electron chi connectivity index (χ0n) is 17.8. The van der Waals surface area contributed by atoms with Crippen molar-refractivity contribution in [2.75, 3.05) is 6.61 Å². The summed E-state index contributed by atoms with van der Waals surface area (Å²) in [6.45, 7) is 2.88. The van der Waals surface area contributed by atoms with Gasteiger partial charge in [0.05, 0.1) is 23.8 Å². The lowest BCUT2D eigenvalue weighted by Gasteiger charge is -2.11. The lowest BCUT2D eigenvalue weighted by molar-refractivity contribution is 0.0735. The topological polar surface area (TPSA) is 59.3 Å². The molecule has 0 bridgehead atoms. The van der Waals surface area contributed by atoms with Crippen LogP contribution in [0.4, 0.5) is 0 Å². The molecular weight excluding hydrogens is 386 g/mol. The molecule has 0 radical (unpaired) electrons. The van der Waals surface area contributed by atoms with Crippen molar-refractivity contribution in [2.24, 2.45) is 0 Å². The van der Waals surface area contributed by atoms with Gasteiger partial charge in [-0.3, -0.25) is 0 Å². The van der Waals surface area contributed by atoms with E-state index in [4.69, 9.17) is 9.47 Å². The Morgan fingerprint density at radius 2 is 1.65 bits per heavy atom. The molecule has 4 nitrogen and oxygen atoms in total. The Morgan fingerprint density at radius 1 is 0.903 bits per heavy atom. The molecule has 158 valence electrons. The molecule has 0 saturated heterocycles. The minimum atomic E-state index is -0.474. The van der Waals surface area contributed by atoms with Gasteiger partial charge in [-0.1, -0.05) is 62.9 Å². The second kappa shape index (κ2) is 11.6. The molecule has 0 aromatic heterocycles. The minimum absolute atomic E-state index is 0.364. The van der Waals surface area contributed by atoms with Gasteiger partial charge in [-0.2, -0.15) is 5.26 Å². The molecule has 0 heterocycles. The summed E-state index contributed by atoms with van der Waals surface area (Å²) in [6, 6.07) is 23.8. The van der Waals surface area contributed by atoms with Crippen molar-refractivity contribution in [3.63, 3.8) is 0 Å². The number of rotatable bonds is 10. The molecule has 0 spiro atoms. The monoisotopic (exact) mass is 413 g/mol. The Kier molecular flexibility index (Phi) is 8.25. The largest absolute Gasteiger partial charge is 0.494 e. The van der Waals surface area contributed by atoms with Crippen LogP contribution in [-0.4, -0.2) is 12.6 Å². The Morgan fingerprint density at radius 3 is 2.35 bits per heavy atom. The Bertz CT molecular complexity index is 1020. The molecule has 4 heteroatoms. The third kappa shape index (κ3) is 6.45. The SMILES string of the molecule is CCCCCCCOc1ccc(C(=O)Oc2cc(C#N)ccc2-c2ccccc2)cc1. The molecule has 3 rings (SSSR count). The van der Waals surface area contributed by atoms with Crippen LogP contribution in [0.15, 0.2) is 72.8 Å². The van der Waals surface area contributed by atoms with E-state index in [0.717, 1.165) is 23.3 Å². The first kappa shape index (κ1) is 22.1. The number of unbranched alkanes of at least 4 members (excludes halogenated alkanes) is 4. The molecule has 0 saturated carbocycles. The third-order valence-electron chi connectivity index (χ3n) is 5.00. The highest BCUT2D eigenvalue weighted by molar-refractivity contribution is 5.92. The van der Waals surface area contributed by atoms with Gasteiger partial charge < -0.3 is 9.47 Å². The summed E-state index contributed by atoms with van der Waals surface area (Å²) in [4.78, 5) is 12.7. The first-order chi connectivity index (χ1) is 15.2. The van der Waals surface area contributed by atoms with E-state index >= 15 is 0 Å². The van der Waals surface area contributed by atoms with Crippen molar-refractivity contribution >= 4 is 5.97 Å². The summed E-state index contributed by atoms with van der Waals surface area (Å²) in [6.07, 6.45) is 5.93. The van der Waals surface area contributed by atoms with E-state index in [1.165, 1.54) is 25.7 Å². The third-order valence-corrected chi connectivity index (χ3v) is 5.00. The van der Waals surface area contributed by atoms with Crippen LogP contribution in [-0.2, 0) is 0 Å². The average Bonchev–Trinajstić information content (AvgIpc) is 2.82. The number of nitriles is 1. The molecule has 0 atom stereocenters. The van der Waals surface area contributed by atoms with E-state index in [2.05, 4.69) is 13.0 Å². The van der Waals surface area contributed by atoms with E-state index in [1.807, 2.05) is 30.3 Å². The van der Waals surface area contributed by atoms with Gasteiger partial charge in [-0.05, 0) is 54.4 Å². The van der Waals surface area contributed by atoms with Gasteiger partial charge in [0.15, 0.2) is 0 Å². The standard InChI is InChI=1S/C27H27NO3/c1-2-3-4-5-9-18-30-24-15-13-23(14-16-24)27(29)31-26-19-21(20-28)12-17-25(26)22-10-7-6-8-11-22/h6-8,10-17,19H,2-5,9,18H2,1H3. The average molecular weight is 414 g/mol. The van der Waals surface area contributed by atoms with Gasteiger partial charge in [-0.25, -0.2) is 4.79 Å². The summed E-state index contributed by atoms with van der Waals surface area (Å²) >= 11 is 0. The quantitative estimate of drug-likeness (QED) is 0.208. The predicted octanol–water partition coefficient (Wildman–Crippen LogP) is 6.79. The fraction of sp³-hybridized carbons (Fsp3) is 0.259. The summed E-state index contributed by atoms with van der Waals surface area (Å²) < 4.78 is 11.4. The van der Waals surface area contributed by atoms with Crippen LogP contribution in [0.2, 0.25) is 0 Å². The number of ether oxygens (including phenoxy) is 2. The van der Waals surface area contributed by atoms with E-state index in [9.17, 15) is 10.1 Å². The van der Waals surface area contributed by atoms with Gasteiger partial charge >= 0.3 is 5.97 Å². The van der Waals surface area contributed by atoms with Crippen molar-refractivity contribution in [2.45, 2.75) is 39.0 Å². The summed E-state index contributed by atoms with van der Waals surface area (Å²) in [5.74, 6) is 0.629. The number of carbonyl (C=O) groups is 1. The number of hydrogen-bond acceptors (Lipinski definition) is 4. The molecule has 0 aliphatic heterocycles. The maximum Gasteiger partial charge on any atom is 0.343 e. The minimum Gasteiger partial charge on any atom is -0.494 e. The number of carbonyl (C=O) groups excluding carboxylic acids is 1. The fourth-order valence-corrected chi connectivity index (χ4v) is 3.27. The molecule has 0 unspecified atom stereocenters. The lowest BCUT2D eigenvalue weighted by Crippen LogP contribution is -2.09. The van der Waals surface area contributed by atoms with Crippen LogP contribution in [0.5, 0.6) is 11.5 Å². The fourth-order valence-electron chi connectivity index (χ4n) is 3.27. The Balaban J connectivity index is 1.65. The van der Waals surface area contributed by atoms with Crippen molar-refractivity contribution < 1.29 is 14.3 Å². The highest BCUT2D eigenvalue weighted by atomic mass is 16.5. The maximum atomic E-state index is 12.7.